The lowest BCUT2D eigenvalue weighted by Gasteiger charge is -2.03. The van der Waals surface area contributed by atoms with Crippen molar-refractivity contribution in [3.63, 3.8) is 0 Å². The van der Waals surface area contributed by atoms with Gasteiger partial charge in [0.1, 0.15) is 11.5 Å². The van der Waals surface area contributed by atoms with E-state index >= 15 is 0 Å². The van der Waals surface area contributed by atoms with Crippen molar-refractivity contribution in [3.05, 3.63) is 73.3 Å². The Morgan fingerprint density at radius 3 is 1.64 bits per heavy atom. The summed E-state index contributed by atoms with van der Waals surface area (Å²) in [5.74, 6) is 1.74. The summed E-state index contributed by atoms with van der Waals surface area (Å²) in [5.41, 5.74) is 0. The van der Waals surface area contributed by atoms with Crippen LogP contribution in [-0.2, 0) is 9.09 Å². The summed E-state index contributed by atoms with van der Waals surface area (Å²) in [6, 6.07) is 19.5. The summed E-state index contributed by atoms with van der Waals surface area (Å²) in [6.07, 6.45) is 1.26. The average molecular weight is 325 g/mol. The Morgan fingerprint density at radius 1 is 0.955 bits per heavy atom. The summed E-state index contributed by atoms with van der Waals surface area (Å²) in [7, 11) is -4.25. The lowest BCUT2D eigenvalue weighted by Crippen LogP contribution is -1.86. The van der Waals surface area contributed by atoms with E-state index in [9.17, 15) is 4.57 Å². The summed E-state index contributed by atoms with van der Waals surface area (Å²) in [5, 5.41) is 0. The molecular weight excluding hydrogens is 305 g/mol. The minimum atomic E-state index is -4.25. The monoisotopic (exact) mass is 325 g/mol. The highest BCUT2D eigenvalue weighted by atomic mass is 31.2. The Bertz CT molecular complexity index is 534. The van der Waals surface area contributed by atoms with E-state index in [2.05, 4.69) is 11.1 Å². The number of ether oxygens (including phenoxy) is 1. The van der Waals surface area contributed by atoms with E-state index in [1.165, 1.54) is 6.08 Å². The van der Waals surface area contributed by atoms with Gasteiger partial charge in [-0.3, -0.25) is 4.52 Å². The van der Waals surface area contributed by atoms with Crippen molar-refractivity contribution in [1.82, 2.24) is 6.15 Å². The van der Waals surface area contributed by atoms with E-state index in [1.54, 1.807) is 0 Å². The van der Waals surface area contributed by atoms with Crippen LogP contribution >= 0.6 is 7.82 Å². The number of phosphoric ester groups is 1. The molecule has 22 heavy (non-hydrogen) atoms. The molecule has 2 aromatic rings. The quantitative estimate of drug-likeness (QED) is 0.567. The van der Waals surface area contributed by atoms with Crippen molar-refractivity contribution in [2.24, 2.45) is 0 Å². The van der Waals surface area contributed by atoms with Gasteiger partial charge in [0.2, 0.25) is 0 Å². The van der Waals surface area contributed by atoms with Crippen LogP contribution in [0.2, 0.25) is 0 Å². The maximum absolute atomic E-state index is 9.81. The van der Waals surface area contributed by atoms with Crippen molar-refractivity contribution in [3.8, 4) is 11.5 Å². The summed E-state index contributed by atoms with van der Waals surface area (Å²) in [6.45, 7) is 3.07. The normalized spacial score (nSPS) is 9.73. The van der Waals surface area contributed by atoms with Gasteiger partial charge in [-0.05, 0) is 24.3 Å². The van der Waals surface area contributed by atoms with Gasteiger partial charge >= 0.3 is 7.82 Å². The van der Waals surface area contributed by atoms with E-state index < -0.39 is 7.82 Å². The molecule has 0 spiro atoms. The molecule has 0 atom stereocenters. The first kappa shape index (κ1) is 20.1. The first-order chi connectivity index (χ1) is 10.0. The first-order valence-corrected chi connectivity index (χ1v) is 7.63. The first-order valence-electron chi connectivity index (χ1n) is 6.10. The molecular formula is C15H20NO5P. The molecule has 0 amide bonds. The number of hydrogen-bond donors (Lipinski definition) is 3. The van der Waals surface area contributed by atoms with Crippen LogP contribution in [0.3, 0.4) is 0 Å². The fraction of sp³-hybridized carbons (Fsp3) is 0.0667. The van der Waals surface area contributed by atoms with E-state index in [-0.39, 0.29) is 12.8 Å². The molecule has 0 radical (unpaired) electrons. The molecule has 0 aromatic heterocycles. The molecule has 0 aliphatic rings. The smallest absolute Gasteiger partial charge is 0.457 e. The van der Waals surface area contributed by atoms with Crippen molar-refractivity contribution >= 4 is 7.82 Å². The molecule has 0 saturated heterocycles. The minimum Gasteiger partial charge on any atom is -0.457 e. The Balaban J connectivity index is 0.000000432. The van der Waals surface area contributed by atoms with Crippen LogP contribution in [0.5, 0.6) is 11.5 Å². The van der Waals surface area contributed by atoms with Gasteiger partial charge in [0.05, 0.1) is 6.61 Å². The molecule has 0 fully saturated rings. The van der Waals surface area contributed by atoms with Gasteiger partial charge in [0.15, 0.2) is 0 Å². The molecule has 0 unspecified atom stereocenters. The van der Waals surface area contributed by atoms with Gasteiger partial charge < -0.3 is 20.7 Å². The van der Waals surface area contributed by atoms with Gasteiger partial charge in [-0.15, -0.1) is 6.58 Å². The standard InChI is InChI=1S/C12H10O.C3H7O4P.H3N/c1-3-7-11(8-4-1)13-12-9-5-2-6-10-12;1-2-3-7-8(4,5)6;/h1-10H;2H,1,3H2,(H2,4,5,6);1H3. The topological polar surface area (TPSA) is 111 Å². The Kier molecular flexibility index (Phi) is 9.78. The van der Waals surface area contributed by atoms with E-state index in [0.29, 0.717) is 0 Å². The SMILES string of the molecule is C=CCOP(=O)(O)O.N.c1ccc(Oc2ccccc2)cc1. The van der Waals surface area contributed by atoms with Gasteiger partial charge in [0, 0.05) is 0 Å². The maximum Gasteiger partial charge on any atom is 0.469 e. The van der Waals surface area contributed by atoms with Crippen molar-refractivity contribution in [2.75, 3.05) is 6.61 Å². The minimum absolute atomic E-state index is 0. The second kappa shape index (κ2) is 10.7. The molecule has 2 aromatic carbocycles. The van der Waals surface area contributed by atoms with Gasteiger partial charge in [0.25, 0.3) is 0 Å². The molecule has 0 aliphatic heterocycles. The number of benzene rings is 2. The van der Waals surface area contributed by atoms with Crippen LogP contribution in [0.15, 0.2) is 73.3 Å². The summed E-state index contributed by atoms with van der Waals surface area (Å²) >= 11 is 0. The molecule has 5 N–H and O–H groups in total. The molecule has 0 saturated carbocycles. The zero-order chi connectivity index (χ0) is 15.6. The van der Waals surface area contributed by atoms with E-state index in [1.807, 2.05) is 60.7 Å². The number of phosphoric acid groups is 1. The molecule has 0 heterocycles. The lowest BCUT2D eigenvalue weighted by atomic mass is 10.3. The third kappa shape index (κ3) is 9.88. The largest absolute Gasteiger partial charge is 0.469 e. The second-order valence-corrected chi connectivity index (χ2v) is 5.04. The second-order valence-electron chi connectivity index (χ2n) is 3.80. The Hall–Kier alpha value is -1.95. The maximum atomic E-state index is 9.81. The molecule has 0 aliphatic carbocycles. The van der Waals surface area contributed by atoms with Gasteiger partial charge in [-0.25, -0.2) is 4.57 Å². The molecule has 0 bridgehead atoms. The van der Waals surface area contributed by atoms with Crippen LogP contribution in [0.4, 0.5) is 0 Å². The molecule has 120 valence electrons. The zero-order valence-corrected chi connectivity index (χ0v) is 12.9. The third-order valence-corrected chi connectivity index (χ3v) is 2.57. The summed E-state index contributed by atoms with van der Waals surface area (Å²) < 4.78 is 19.3. The fourth-order valence-corrected chi connectivity index (χ4v) is 1.56. The highest BCUT2D eigenvalue weighted by molar-refractivity contribution is 7.46. The van der Waals surface area contributed by atoms with Crippen LogP contribution in [-0.4, -0.2) is 16.4 Å². The van der Waals surface area contributed by atoms with Crippen molar-refractivity contribution < 1.29 is 23.6 Å². The zero-order valence-electron chi connectivity index (χ0n) is 12.0. The molecule has 2 rings (SSSR count). The third-order valence-electron chi connectivity index (χ3n) is 2.08. The highest BCUT2D eigenvalue weighted by Crippen LogP contribution is 2.35. The van der Waals surface area contributed by atoms with Crippen LogP contribution in [0.1, 0.15) is 0 Å². The predicted molar refractivity (Wildman–Crippen MR) is 86.2 cm³/mol. The van der Waals surface area contributed by atoms with Crippen LogP contribution in [0, 0.1) is 0 Å². The van der Waals surface area contributed by atoms with Gasteiger partial charge in [-0.1, -0.05) is 42.5 Å². The van der Waals surface area contributed by atoms with Crippen molar-refractivity contribution in [1.29, 1.82) is 0 Å². The lowest BCUT2D eigenvalue weighted by molar-refractivity contribution is 0.216. The number of rotatable bonds is 5. The van der Waals surface area contributed by atoms with Gasteiger partial charge in [-0.2, -0.15) is 0 Å². The summed E-state index contributed by atoms with van der Waals surface area (Å²) in [4.78, 5) is 16.0. The van der Waals surface area contributed by atoms with Crippen LogP contribution < -0.4 is 10.9 Å². The number of para-hydroxylation sites is 2. The average Bonchev–Trinajstić information content (AvgIpc) is 2.47. The molecule has 6 nitrogen and oxygen atoms in total. The highest BCUT2D eigenvalue weighted by Gasteiger charge is 2.10. The number of hydrogen-bond acceptors (Lipinski definition) is 4. The predicted octanol–water partition coefficient (Wildman–Crippen LogP) is 3.92. The van der Waals surface area contributed by atoms with E-state index in [0.717, 1.165) is 11.5 Å². The van der Waals surface area contributed by atoms with Crippen LogP contribution in [0.25, 0.3) is 0 Å². The molecule has 7 heteroatoms. The van der Waals surface area contributed by atoms with Crippen molar-refractivity contribution in [2.45, 2.75) is 0 Å². The van der Waals surface area contributed by atoms with E-state index in [4.69, 9.17) is 14.5 Å². The fourth-order valence-electron chi connectivity index (χ4n) is 1.26. The Labute approximate surface area is 129 Å². The Morgan fingerprint density at radius 2 is 1.36 bits per heavy atom.